The number of ketones is 1. The quantitative estimate of drug-likeness (QED) is 0.317. The van der Waals surface area contributed by atoms with Gasteiger partial charge in [-0.3, -0.25) is 4.79 Å². The summed E-state index contributed by atoms with van der Waals surface area (Å²) >= 11 is 0. The van der Waals surface area contributed by atoms with Crippen LogP contribution < -0.4 is 4.74 Å². The summed E-state index contributed by atoms with van der Waals surface area (Å²) in [6.45, 7) is 3.07. The van der Waals surface area contributed by atoms with Crippen LogP contribution in [-0.2, 0) is 27.5 Å². The van der Waals surface area contributed by atoms with Gasteiger partial charge in [0.05, 0.1) is 18.8 Å². The summed E-state index contributed by atoms with van der Waals surface area (Å²) in [4.78, 5) is 36.4. The van der Waals surface area contributed by atoms with Gasteiger partial charge in [0.1, 0.15) is 17.3 Å². The summed E-state index contributed by atoms with van der Waals surface area (Å²) in [6.07, 6.45) is -4.58. The van der Waals surface area contributed by atoms with E-state index in [0.29, 0.717) is 0 Å². The molecule has 0 unspecified atom stereocenters. The number of alkyl halides is 3. The number of hydrogen-bond donors (Lipinski definition) is 1. The first-order chi connectivity index (χ1) is 14.1. The molecular formula is C20H18F3NO6. The third kappa shape index (κ3) is 4.23. The second kappa shape index (κ2) is 8.87. The largest absolute Gasteiger partial charge is 0.503 e. The molecule has 1 aromatic carbocycles. The van der Waals surface area contributed by atoms with Crippen molar-refractivity contribution in [3.8, 4) is 11.5 Å². The Morgan fingerprint density at radius 1 is 1.10 bits per heavy atom. The molecule has 2 aromatic rings. The molecule has 160 valence electrons. The van der Waals surface area contributed by atoms with Crippen LogP contribution in [0.2, 0.25) is 0 Å². The van der Waals surface area contributed by atoms with Gasteiger partial charge in [0.25, 0.3) is 0 Å². The lowest BCUT2D eigenvalue weighted by atomic mass is 10.1. The zero-order valence-electron chi connectivity index (χ0n) is 16.3. The van der Waals surface area contributed by atoms with E-state index in [1.807, 2.05) is 0 Å². The van der Waals surface area contributed by atoms with Gasteiger partial charge < -0.3 is 19.1 Å². The predicted molar refractivity (Wildman–Crippen MR) is 98.9 cm³/mol. The number of carbonyl (C=O) groups is 2. The van der Waals surface area contributed by atoms with Gasteiger partial charge in [-0.1, -0.05) is 12.1 Å². The Morgan fingerprint density at radius 3 is 2.17 bits per heavy atom. The molecule has 0 saturated carbocycles. The first kappa shape index (κ1) is 22.8. The molecule has 0 spiro atoms. The summed E-state index contributed by atoms with van der Waals surface area (Å²) in [6, 6.07) is 3.37. The molecule has 10 heteroatoms. The van der Waals surface area contributed by atoms with Crippen LogP contribution in [-0.4, -0.2) is 40.6 Å². The fourth-order valence-electron chi connectivity index (χ4n) is 2.80. The van der Waals surface area contributed by atoms with Crippen molar-refractivity contribution in [1.82, 2.24) is 4.57 Å². The van der Waals surface area contributed by atoms with E-state index in [2.05, 4.69) is 0 Å². The van der Waals surface area contributed by atoms with Crippen molar-refractivity contribution in [1.29, 1.82) is 0 Å². The van der Waals surface area contributed by atoms with Crippen molar-refractivity contribution in [2.75, 3.05) is 13.2 Å². The molecule has 1 N–H and O–H groups in total. The number of aromatic nitrogens is 1. The molecule has 0 atom stereocenters. The zero-order valence-corrected chi connectivity index (χ0v) is 16.3. The van der Waals surface area contributed by atoms with Crippen LogP contribution >= 0.6 is 0 Å². The van der Waals surface area contributed by atoms with E-state index in [1.165, 1.54) is 19.9 Å². The number of nitrogens with zero attached hydrogens (tertiary/aromatic N) is 1. The molecule has 1 heterocycles. The minimum atomic E-state index is -4.58. The SMILES string of the molecule is CCOC(=O)C(=C=O)c1c(OCC)c(O)c(C(=O)c2ccc(C(F)(F)F)cc2)n1C. The van der Waals surface area contributed by atoms with E-state index < -0.39 is 34.8 Å². The van der Waals surface area contributed by atoms with E-state index in [4.69, 9.17) is 9.47 Å². The Kier molecular flexibility index (Phi) is 6.73. The first-order valence-corrected chi connectivity index (χ1v) is 8.77. The standard InChI is InChI=1S/C20H18F3NO6/c1-4-29-18-14(13(10-25)19(28)30-5-2)24(3)15(17(18)27)16(26)11-6-8-12(9-7-11)20(21,22)23/h6-9,27H,4-5H2,1-3H3. The number of rotatable bonds is 7. The number of carbonyl (C=O) groups excluding carboxylic acids is 3. The molecule has 0 aliphatic heterocycles. The van der Waals surface area contributed by atoms with Crippen LogP contribution in [0.5, 0.6) is 11.5 Å². The minimum Gasteiger partial charge on any atom is -0.503 e. The highest BCUT2D eigenvalue weighted by Gasteiger charge is 2.34. The van der Waals surface area contributed by atoms with Crippen molar-refractivity contribution < 1.29 is 42.1 Å². The molecule has 30 heavy (non-hydrogen) atoms. The molecule has 0 amide bonds. The number of aromatic hydroxyl groups is 1. The van der Waals surface area contributed by atoms with Gasteiger partial charge >= 0.3 is 12.1 Å². The number of benzene rings is 1. The number of ether oxygens (including phenoxy) is 2. The molecule has 0 aliphatic rings. The molecule has 7 nitrogen and oxygen atoms in total. The van der Waals surface area contributed by atoms with Gasteiger partial charge in [0.2, 0.25) is 5.78 Å². The molecule has 0 bridgehead atoms. The lowest BCUT2D eigenvalue weighted by Crippen LogP contribution is -2.14. The maximum absolute atomic E-state index is 12.9. The van der Waals surface area contributed by atoms with Crippen LogP contribution in [0.4, 0.5) is 13.2 Å². The summed E-state index contributed by atoms with van der Waals surface area (Å²) in [5.74, 6) is -1.44. The summed E-state index contributed by atoms with van der Waals surface area (Å²) in [7, 11) is 1.28. The van der Waals surface area contributed by atoms with Crippen molar-refractivity contribution in [3.05, 3.63) is 46.8 Å². The monoisotopic (exact) mass is 425 g/mol. The lowest BCUT2D eigenvalue weighted by molar-refractivity contribution is -0.138. The Morgan fingerprint density at radius 2 is 1.70 bits per heavy atom. The Balaban J connectivity index is 2.62. The molecule has 0 saturated heterocycles. The third-order valence-electron chi connectivity index (χ3n) is 4.12. The molecule has 0 radical (unpaired) electrons. The van der Waals surface area contributed by atoms with Crippen LogP contribution in [0.3, 0.4) is 0 Å². The van der Waals surface area contributed by atoms with E-state index in [0.717, 1.165) is 28.8 Å². The molecular weight excluding hydrogens is 407 g/mol. The van der Waals surface area contributed by atoms with E-state index in [-0.39, 0.29) is 35.9 Å². The van der Waals surface area contributed by atoms with Gasteiger partial charge in [-0.15, -0.1) is 0 Å². The second-order valence-electron chi connectivity index (χ2n) is 5.97. The number of halogens is 3. The van der Waals surface area contributed by atoms with Crippen molar-refractivity contribution in [2.24, 2.45) is 7.05 Å². The highest BCUT2D eigenvalue weighted by molar-refractivity contribution is 6.26. The average molecular weight is 425 g/mol. The number of hydrogen-bond acceptors (Lipinski definition) is 6. The fourth-order valence-corrected chi connectivity index (χ4v) is 2.80. The Labute approximate surface area is 169 Å². The maximum atomic E-state index is 12.9. The summed E-state index contributed by atoms with van der Waals surface area (Å²) < 4.78 is 49.4. The highest BCUT2D eigenvalue weighted by atomic mass is 19.4. The van der Waals surface area contributed by atoms with Crippen molar-refractivity contribution in [3.63, 3.8) is 0 Å². The van der Waals surface area contributed by atoms with E-state index in [9.17, 15) is 32.7 Å². The molecule has 0 fully saturated rings. The van der Waals surface area contributed by atoms with Crippen molar-refractivity contribution >= 4 is 23.3 Å². The first-order valence-electron chi connectivity index (χ1n) is 8.77. The molecule has 1 aromatic heterocycles. The maximum Gasteiger partial charge on any atom is 0.416 e. The van der Waals surface area contributed by atoms with Crippen molar-refractivity contribution in [2.45, 2.75) is 20.0 Å². The third-order valence-corrected chi connectivity index (χ3v) is 4.12. The molecule has 2 rings (SSSR count). The molecule has 0 aliphatic carbocycles. The average Bonchev–Trinajstić information content (AvgIpc) is 2.92. The number of esters is 1. The Bertz CT molecular complexity index is 1010. The zero-order chi connectivity index (χ0) is 22.6. The van der Waals surface area contributed by atoms with E-state index >= 15 is 0 Å². The smallest absolute Gasteiger partial charge is 0.416 e. The van der Waals surface area contributed by atoms with Gasteiger partial charge in [0, 0.05) is 12.6 Å². The minimum absolute atomic E-state index is 0.0213. The summed E-state index contributed by atoms with van der Waals surface area (Å²) in [5, 5.41) is 10.6. The topological polar surface area (TPSA) is 94.8 Å². The van der Waals surface area contributed by atoms with E-state index in [1.54, 1.807) is 6.92 Å². The second-order valence-corrected chi connectivity index (χ2v) is 5.97. The highest BCUT2D eigenvalue weighted by Crippen LogP contribution is 2.41. The van der Waals surface area contributed by atoms with Crippen LogP contribution in [0.25, 0.3) is 5.57 Å². The van der Waals surface area contributed by atoms with Gasteiger partial charge in [0.15, 0.2) is 17.1 Å². The Hall–Kier alpha value is -3.52. The van der Waals surface area contributed by atoms with Crippen LogP contribution in [0.15, 0.2) is 24.3 Å². The van der Waals surface area contributed by atoms with Gasteiger partial charge in [-0.05, 0) is 26.0 Å². The van der Waals surface area contributed by atoms with Crippen LogP contribution in [0, 0.1) is 0 Å². The van der Waals surface area contributed by atoms with Gasteiger partial charge in [-0.25, -0.2) is 9.59 Å². The normalized spacial score (nSPS) is 11.0. The predicted octanol–water partition coefficient (Wildman–Crippen LogP) is 3.16. The fraction of sp³-hybridized carbons (Fsp3) is 0.300. The van der Waals surface area contributed by atoms with Crippen LogP contribution in [0.1, 0.15) is 41.2 Å². The van der Waals surface area contributed by atoms with Gasteiger partial charge in [-0.2, -0.15) is 13.2 Å². The summed E-state index contributed by atoms with van der Waals surface area (Å²) in [5.41, 5.74) is -2.33. The lowest BCUT2D eigenvalue weighted by Gasteiger charge is -2.09.